The number of carbonyl (C=O) groups excluding carboxylic acids is 1. The number of rotatable bonds is 7. The van der Waals surface area contributed by atoms with E-state index in [4.69, 9.17) is 14.0 Å². The minimum Gasteiger partial charge on any atom is -0.469 e. The molecule has 4 N–H and O–H groups in total. The van der Waals surface area contributed by atoms with Crippen LogP contribution in [-0.2, 0) is 56.6 Å². The van der Waals surface area contributed by atoms with Crippen LogP contribution in [0.15, 0.2) is 15.8 Å². The molecule has 21 heteroatoms. The summed E-state index contributed by atoms with van der Waals surface area (Å²) in [6.45, 7) is -0.915. The third kappa shape index (κ3) is 5.99. The molecule has 3 heterocycles. The maximum Gasteiger partial charge on any atom is 0.492 e. The molecule has 2 aliphatic rings. The molecule has 0 spiro atoms. The summed E-state index contributed by atoms with van der Waals surface area (Å²) in [6.07, 6.45) is -5.26. The highest BCUT2D eigenvalue weighted by Crippen LogP contribution is 2.80. The Balaban J connectivity index is 1.83. The lowest BCUT2D eigenvalue weighted by Gasteiger charge is -2.27. The number of aromatic nitrogens is 2. The predicted octanol–water partition coefficient (Wildman–Crippen LogP) is -1.09. The Labute approximate surface area is 189 Å². The Morgan fingerprint density at radius 1 is 1.15 bits per heavy atom. The van der Waals surface area contributed by atoms with Crippen LogP contribution in [0.2, 0.25) is 0 Å². The van der Waals surface area contributed by atoms with Gasteiger partial charge in [0.15, 0.2) is 6.23 Å². The molecule has 0 amide bonds. The molecule has 1 aromatic rings. The number of phosphoric acid groups is 3. The summed E-state index contributed by atoms with van der Waals surface area (Å²) in [7, 11) is -13.5. The number of H-pyrrole nitrogens is 1. The summed E-state index contributed by atoms with van der Waals surface area (Å²) in [5.74, 6) is -0.777. The van der Waals surface area contributed by atoms with Crippen molar-refractivity contribution in [2.24, 2.45) is 0 Å². The van der Waals surface area contributed by atoms with Crippen molar-refractivity contribution in [3.8, 4) is 0 Å². The average Bonchev–Trinajstić information content (AvgIpc) is 3.00. The summed E-state index contributed by atoms with van der Waals surface area (Å²) in [4.78, 5) is 56.3. The summed E-state index contributed by atoms with van der Waals surface area (Å²) >= 11 is 0. The number of nitrogens with zero attached hydrogens (tertiary/aromatic N) is 1. The Bertz CT molecular complexity index is 1180. The molecule has 3 unspecified atom stereocenters. The highest BCUT2D eigenvalue weighted by atomic mass is 31.3. The smallest absolute Gasteiger partial charge is 0.469 e. The van der Waals surface area contributed by atoms with Gasteiger partial charge in [0, 0.05) is 18.9 Å². The second kappa shape index (κ2) is 9.85. The largest absolute Gasteiger partial charge is 0.492 e. The zero-order valence-corrected chi connectivity index (χ0v) is 19.9. The van der Waals surface area contributed by atoms with E-state index in [9.17, 15) is 43.0 Å². The second-order valence-electron chi connectivity index (χ2n) is 6.75. The molecule has 2 aliphatic heterocycles. The molecule has 2 fully saturated rings. The van der Waals surface area contributed by atoms with Gasteiger partial charge in [0.25, 0.3) is 5.56 Å². The quantitative estimate of drug-likeness (QED) is 0.232. The van der Waals surface area contributed by atoms with Gasteiger partial charge in [-0.15, -0.1) is 0 Å². The summed E-state index contributed by atoms with van der Waals surface area (Å²) in [5.41, 5.74) is -2.04. The van der Waals surface area contributed by atoms with Gasteiger partial charge in [-0.05, 0) is 0 Å². The minimum atomic E-state index is -5.29. The number of aliphatic hydroxyl groups excluding tert-OH is 1. The zero-order valence-electron chi connectivity index (χ0n) is 17.2. The van der Waals surface area contributed by atoms with E-state index in [0.717, 1.165) is 25.0 Å². The number of hydrogen-bond donors (Lipinski definition) is 4. The van der Waals surface area contributed by atoms with E-state index in [1.165, 1.54) is 0 Å². The van der Waals surface area contributed by atoms with Gasteiger partial charge in [-0.3, -0.25) is 23.7 Å². The van der Waals surface area contributed by atoms with E-state index in [0.29, 0.717) is 0 Å². The molecule has 2 saturated heterocycles. The van der Waals surface area contributed by atoms with Crippen molar-refractivity contribution in [2.75, 3.05) is 20.8 Å². The third-order valence-electron chi connectivity index (χ3n) is 4.47. The Morgan fingerprint density at radius 2 is 1.76 bits per heavy atom. The normalized spacial score (nSPS) is 38.0. The first-order valence-electron chi connectivity index (χ1n) is 9.01. The number of aliphatic hydroxyl groups is 1. The van der Waals surface area contributed by atoms with E-state index in [2.05, 4.69) is 17.7 Å². The van der Waals surface area contributed by atoms with Crippen molar-refractivity contribution in [1.82, 2.24) is 9.55 Å². The van der Waals surface area contributed by atoms with Crippen molar-refractivity contribution in [3.05, 3.63) is 32.6 Å². The van der Waals surface area contributed by atoms with Crippen LogP contribution >= 0.6 is 23.5 Å². The van der Waals surface area contributed by atoms with Gasteiger partial charge in [-0.25, -0.2) is 18.5 Å². The van der Waals surface area contributed by atoms with Crippen LogP contribution in [0.1, 0.15) is 11.8 Å². The standard InChI is InChI=1S/C13H19N2O16P3/c1-25-8(16)3-6-4-15(13(19)14-11(6)18)12-10(26-2)9(17)7(28-12)5-27-34(24)30-32(20,21)29-33(22,23)31-34/h4,7,9-10,12,17H,3,5H2,1-2H3,(H,20,21)(H,22,23)(H,14,18,19)/t7-,9+,10?,12-/m1/s1. The highest BCUT2D eigenvalue weighted by molar-refractivity contribution is 7.74. The number of nitrogens with one attached hydrogen (secondary N) is 1. The van der Waals surface area contributed by atoms with E-state index in [-0.39, 0.29) is 5.56 Å². The fourth-order valence-electron chi connectivity index (χ4n) is 3.04. The summed E-state index contributed by atoms with van der Waals surface area (Å²) in [5, 5.41) is 10.5. The van der Waals surface area contributed by atoms with Crippen LogP contribution in [0, 0.1) is 0 Å². The molecule has 0 bridgehead atoms. The molecule has 18 nitrogen and oxygen atoms in total. The number of aromatic amines is 1. The van der Waals surface area contributed by atoms with Crippen LogP contribution in [0.3, 0.4) is 0 Å². The fourth-order valence-corrected chi connectivity index (χ4v) is 7.98. The second-order valence-corrected chi connectivity index (χ2v) is 11.7. The number of hydrogen-bond acceptors (Lipinski definition) is 14. The number of esters is 1. The lowest BCUT2D eigenvalue weighted by molar-refractivity contribution is -0.139. The van der Waals surface area contributed by atoms with Crippen molar-refractivity contribution >= 4 is 29.4 Å². The number of ether oxygens (including phenoxy) is 3. The molecular formula is C13H19N2O16P3. The van der Waals surface area contributed by atoms with Gasteiger partial charge in [0.05, 0.1) is 20.1 Å². The SMILES string of the molecule is COC(=O)Cc1cn([C@@H]2O[C@H](COP3(=O)OP(=O)(O)OP(=O)(O)O3)[C@H](O)C2OC)c(=O)[nH]c1=O. The van der Waals surface area contributed by atoms with Gasteiger partial charge in [0.1, 0.15) is 18.3 Å². The van der Waals surface area contributed by atoms with Crippen LogP contribution in [0.5, 0.6) is 0 Å². The first-order chi connectivity index (χ1) is 15.7. The third-order valence-corrected chi connectivity index (χ3v) is 9.84. The topological polar surface area (TPSA) is 248 Å². The lowest BCUT2D eigenvalue weighted by Crippen LogP contribution is -2.40. The van der Waals surface area contributed by atoms with Crippen molar-refractivity contribution < 1.29 is 65.0 Å². The maximum absolute atomic E-state index is 12.4. The average molecular weight is 552 g/mol. The highest BCUT2D eigenvalue weighted by Gasteiger charge is 2.55. The molecule has 6 atom stereocenters. The fraction of sp³-hybridized carbons (Fsp3) is 0.615. The molecule has 0 aromatic carbocycles. The molecule has 3 rings (SSSR count). The van der Waals surface area contributed by atoms with Crippen molar-refractivity contribution in [3.63, 3.8) is 0 Å². The number of carbonyl (C=O) groups is 1. The van der Waals surface area contributed by atoms with Gasteiger partial charge < -0.3 is 29.1 Å². The minimum absolute atomic E-state index is 0.176. The zero-order chi connectivity index (χ0) is 25.5. The van der Waals surface area contributed by atoms with E-state index in [1.54, 1.807) is 0 Å². The molecule has 0 radical (unpaired) electrons. The maximum atomic E-state index is 12.4. The van der Waals surface area contributed by atoms with Crippen LogP contribution < -0.4 is 11.2 Å². The van der Waals surface area contributed by atoms with Crippen molar-refractivity contribution in [1.29, 1.82) is 0 Å². The number of methoxy groups -OCH3 is 2. The predicted molar refractivity (Wildman–Crippen MR) is 104 cm³/mol. The van der Waals surface area contributed by atoms with Gasteiger partial charge in [-0.2, -0.15) is 12.9 Å². The monoisotopic (exact) mass is 552 g/mol. The van der Waals surface area contributed by atoms with Crippen LogP contribution in [0.4, 0.5) is 0 Å². The molecular weight excluding hydrogens is 533 g/mol. The Hall–Kier alpha value is -1.52. The molecule has 192 valence electrons. The summed E-state index contributed by atoms with van der Waals surface area (Å²) < 4.78 is 68.0. The molecule has 0 aliphatic carbocycles. The molecule has 1 aromatic heterocycles. The lowest BCUT2D eigenvalue weighted by atomic mass is 10.1. The van der Waals surface area contributed by atoms with E-state index >= 15 is 0 Å². The Kier molecular flexibility index (Phi) is 7.85. The van der Waals surface area contributed by atoms with Crippen molar-refractivity contribution in [2.45, 2.75) is 31.0 Å². The first kappa shape index (κ1) is 27.1. The Morgan fingerprint density at radius 3 is 2.32 bits per heavy atom. The first-order valence-corrected chi connectivity index (χ1v) is 13.5. The van der Waals surface area contributed by atoms with Gasteiger partial charge >= 0.3 is 35.1 Å². The molecule has 0 saturated carbocycles. The molecule has 34 heavy (non-hydrogen) atoms. The van der Waals surface area contributed by atoms with Gasteiger partial charge in [-0.1, -0.05) is 0 Å². The summed E-state index contributed by atoms with van der Waals surface area (Å²) in [6, 6.07) is 0. The van der Waals surface area contributed by atoms with E-state index in [1.807, 2.05) is 4.98 Å². The van der Waals surface area contributed by atoms with Crippen LogP contribution in [-0.4, -0.2) is 69.6 Å². The van der Waals surface area contributed by atoms with Gasteiger partial charge in [0.2, 0.25) is 0 Å². The van der Waals surface area contributed by atoms with E-state index < -0.39 is 78.3 Å². The van der Waals surface area contributed by atoms with Crippen LogP contribution in [0.25, 0.3) is 0 Å².